The van der Waals surface area contributed by atoms with Crippen LogP contribution >= 0.6 is 11.3 Å². The molecule has 2 aromatic heterocycles. The lowest BCUT2D eigenvalue weighted by atomic mass is 10.2. The van der Waals surface area contributed by atoms with E-state index in [0.29, 0.717) is 21.7 Å². The minimum atomic E-state index is -1.01. The number of carbonyl (C=O) groups is 1. The van der Waals surface area contributed by atoms with Crippen molar-refractivity contribution >= 4 is 34.2 Å². The number of carboxylic acid groups (broad SMARTS) is 1. The van der Waals surface area contributed by atoms with E-state index in [2.05, 4.69) is 15.0 Å². The number of benzene rings is 1. The minimum Gasteiger partial charge on any atom is -0.476 e. The molecule has 0 aliphatic carbocycles. The fourth-order valence-electron chi connectivity index (χ4n) is 3.24. The predicted molar refractivity (Wildman–Crippen MR) is 95.5 cm³/mol. The molecule has 0 amide bonds. The summed E-state index contributed by atoms with van der Waals surface area (Å²) in [5, 5.41) is 10.5. The molecule has 1 aromatic carbocycles. The van der Waals surface area contributed by atoms with Gasteiger partial charge in [-0.15, -0.1) is 11.3 Å². The highest BCUT2D eigenvalue weighted by atomic mass is 32.1. The number of thiazole rings is 1. The smallest absolute Gasteiger partial charge is 0.355 e. The van der Waals surface area contributed by atoms with Crippen LogP contribution in [0.25, 0.3) is 10.9 Å². The third-order valence-electron chi connectivity index (χ3n) is 4.43. The van der Waals surface area contributed by atoms with Crippen LogP contribution in [-0.4, -0.2) is 32.6 Å². The van der Waals surface area contributed by atoms with E-state index in [9.17, 15) is 14.7 Å². The van der Waals surface area contributed by atoms with Crippen LogP contribution in [0.2, 0.25) is 0 Å². The van der Waals surface area contributed by atoms with Gasteiger partial charge in [0.2, 0.25) is 5.95 Å². The number of hydrogen-bond acceptors (Lipinski definition) is 6. The van der Waals surface area contributed by atoms with Crippen LogP contribution in [0.15, 0.2) is 29.1 Å². The SMILES string of the molecule is Cc1sc([C@@H]2CCCN2c2nc3ccccc3c(=O)[nH]2)nc1C(=O)O. The van der Waals surface area contributed by atoms with Gasteiger partial charge in [0.25, 0.3) is 5.56 Å². The summed E-state index contributed by atoms with van der Waals surface area (Å²) in [4.78, 5) is 38.1. The van der Waals surface area contributed by atoms with E-state index in [-0.39, 0.29) is 17.3 Å². The summed E-state index contributed by atoms with van der Waals surface area (Å²) in [6, 6.07) is 7.15. The molecular formula is C17H16N4O3S. The Kier molecular flexibility index (Phi) is 3.76. The molecule has 1 saturated heterocycles. The number of aromatic carboxylic acids is 1. The molecule has 0 bridgehead atoms. The maximum absolute atomic E-state index is 12.3. The summed E-state index contributed by atoms with van der Waals surface area (Å²) in [6.07, 6.45) is 1.78. The van der Waals surface area contributed by atoms with Crippen LogP contribution in [-0.2, 0) is 0 Å². The summed E-state index contributed by atoms with van der Waals surface area (Å²) in [5.74, 6) is -0.502. The number of para-hydroxylation sites is 1. The lowest BCUT2D eigenvalue weighted by Crippen LogP contribution is -2.27. The molecule has 0 unspecified atom stereocenters. The van der Waals surface area contributed by atoms with E-state index in [1.165, 1.54) is 11.3 Å². The van der Waals surface area contributed by atoms with Gasteiger partial charge in [0.05, 0.1) is 16.9 Å². The van der Waals surface area contributed by atoms with Crippen molar-refractivity contribution in [1.82, 2.24) is 15.0 Å². The van der Waals surface area contributed by atoms with Crippen molar-refractivity contribution in [2.75, 3.05) is 11.4 Å². The number of H-pyrrole nitrogens is 1. The normalized spacial score (nSPS) is 17.3. The van der Waals surface area contributed by atoms with Gasteiger partial charge in [0, 0.05) is 11.4 Å². The zero-order valence-electron chi connectivity index (χ0n) is 13.5. The Morgan fingerprint density at radius 3 is 2.92 bits per heavy atom. The number of aryl methyl sites for hydroxylation is 1. The first-order valence-electron chi connectivity index (χ1n) is 8.01. The van der Waals surface area contributed by atoms with Gasteiger partial charge in [-0.3, -0.25) is 9.78 Å². The standard InChI is InChI=1S/C17H16N4O3S/c1-9-13(16(23)24)19-15(25-9)12-7-4-8-21(12)17-18-11-6-3-2-5-10(11)14(22)20-17/h2-3,5-6,12H,4,7-8H2,1H3,(H,23,24)(H,18,20,22)/t12-/m0/s1. The number of aromatic nitrogens is 3. The molecule has 4 rings (SSSR count). The zero-order chi connectivity index (χ0) is 17.6. The molecule has 128 valence electrons. The molecule has 3 aromatic rings. The second-order valence-electron chi connectivity index (χ2n) is 6.02. The summed E-state index contributed by atoms with van der Waals surface area (Å²) < 4.78 is 0. The van der Waals surface area contributed by atoms with Gasteiger partial charge in [0.15, 0.2) is 5.69 Å². The second-order valence-corrected chi connectivity index (χ2v) is 7.25. The van der Waals surface area contributed by atoms with Crippen LogP contribution < -0.4 is 10.5 Å². The Morgan fingerprint density at radius 2 is 2.16 bits per heavy atom. The average molecular weight is 356 g/mol. The van der Waals surface area contributed by atoms with Crippen molar-refractivity contribution in [2.45, 2.75) is 25.8 Å². The van der Waals surface area contributed by atoms with E-state index >= 15 is 0 Å². The Labute approximate surface area is 147 Å². The van der Waals surface area contributed by atoms with Gasteiger partial charge in [-0.05, 0) is 31.9 Å². The molecular weight excluding hydrogens is 340 g/mol. The molecule has 2 N–H and O–H groups in total. The number of nitrogens with zero attached hydrogens (tertiary/aromatic N) is 3. The number of rotatable bonds is 3. The first-order chi connectivity index (χ1) is 12.0. The highest BCUT2D eigenvalue weighted by Crippen LogP contribution is 2.37. The molecule has 25 heavy (non-hydrogen) atoms. The minimum absolute atomic E-state index is 0.0684. The molecule has 1 aliphatic heterocycles. The van der Waals surface area contributed by atoms with Gasteiger partial charge in [-0.2, -0.15) is 0 Å². The number of hydrogen-bond donors (Lipinski definition) is 2. The highest BCUT2D eigenvalue weighted by molar-refractivity contribution is 7.12. The van der Waals surface area contributed by atoms with Gasteiger partial charge in [0.1, 0.15) is 5.01 Å². The van der Waals surface area contributed by atoms with Crippen LogP contribution in [0.1, 0.15) is 39.3 Å². The van der Waals surface area contributed by atoms with Crippen LogP contribution in [0.5, 0.6) is 0 Å². The van der Waals surface area contributed by atoms with Crippen molar-refractivity contribution < 1.29 is 9.90 Å². The Morgan fingerprint density at radius 1 is 1.36 bits per heavy atom. The maximum Gasteiger partial charge on any atom is 0.355 e. The van der Waals surface area contributed by atoms with Crippen LogP contribution in [0, 0.1) is 6.92 Å². The second kappa shape index (κ2) is 5.96. The first kappa shape index (κ1) is 15.8. The predicted octanol–water partition coefficient (Wildman–Crippen LogP) is 2.73. The van der Waals surface area contributed by atoms with Gasteiger partial charge >= 0.3 is 5.97 Å². The van der Waals surface area contributed by atoms with Crippen molar-refractivity contribution in [1.29, 1.82) is 0 Å². The summed E-state index contributed by atoms with van der Waals surface area (Å²) in [5.41, 5.74) is 0.577. The third kappa shape index (κ3) is 2.68. The van der Waals surface area contributed by atoms with Gasteiger partial charge < -0.3 is 10.0 Å². The molecule has 1 aliphatic rings. The molecule has 8 heteroatoms. The average Bonchev–Trinajstić information content (AvgIpc) is 3.21. The van der Waals surface area contributed by atoms with Gasteiger partial charge in [-0.1, -0.05) is 12.1 Å². The van der Waals surface area contributed by atoms with E-state index in [0.717, 1.165) is 24.4 Å². The van der Waals surface area contributed by atoms with Crippen molar-refractivity contribution in [2.24, 2.45) is 0 Å². The number of anilines is 1. The number of carboxylic acids is 1. The van der Waals surface area contributed by atoms with Crippen molar-refractivity contribution in [3.05, 3.63) is 50.2 Å². The largest absolute Gasteiger partial charge is 0.476 e. The van der Waals surface area contributed by atoms with Crippen LogP contribution in [0.3, 0.4) is 0 Å². The topological polar surface area (TPSA) is 99.2 Å². The molecule has 3 heterocycles. The van der Waals surface area contributed by atoms with Crippen LogP contribution in [0.4, 0.5) is 5.95 Å². The number of aromatic amines is 1. The molecule has 7 nitrogen and oxygen atoms in total. The maximum atomic E-state index is 12.3. The van der Waals surface area contributed by atoms with E-state index in [1.54, 1.807) is 13.0 Å². The number of nitrogens with one attached hydrogen (secondary N) is 1. The van der Waals surface area contributed by atoms with Gasteiger partial charge in [-0.25, -0.2) is 14.8 Å². The summed E-state index contributed by atoms with van der Waals surface area (Å²) in [6.45, 7) is 2.51. The lowest BCUT2D eigenvalue weighted by molar-refractivity contribution is 0.0690. The molecule has 0 radical (unpaired) electrons. The van der Waals surface area contributed by atoms with E-state index in [1.807, 2.05) is 23.1 Å². The fourth-order valence-corrected chi connectivity index (χ4v) is 4.31. The monoisotopic (exact) mass is 356 g/mol. The quantitative estimate of drug-likeness (QED) is 0.749. The molecule has 1 atom stereocenters. The first-order valence-corrected chi connectivity index (χ1v) is 8.82. The summed E-state index contributed by atoms with van der Waals surface area (Å²) >= 11 is 1.39. The highest BCUT2D eigenvalue weighted by Gasteiger charge is 2.31. The lowest BCUT2D eigenvalue weighted by Gasteiger charge is -2.23. The molecule has 1 fully saturated rings. The Hall–Kier alpha value is -2.74. The number of fused-ring (bicyclic) bond motifs is 1. The van der Waals surface area contributed by atoms with E-state index in [4.69, 9.17) is 0 Å². The Bertz CT molecular complexity index is 1030. The van der Waals surface area contributed by atoms with E-state index < -0.39 is 5.97 Å². The summed E-state index contributed by atoms with van der Waals surface area (Å²) in [7, 11) is 0. The fraction of sp³-hybridized carbons (Fsp3) is 0.294. The molecule has 0 saturated carbocycles. The Balaban J connectivity index is 1.76. The molecule has 0 spiro atoms. The third-order valence-corrected chi connectivity index (χ3v) is 5.50. The van der Waals surface area contributed by atoms with Crippen molar-refractivity contribution in [3.63, 3.8) is 0 Å². The zero-order valence-corrected chi connectivity index (χ0v) is 14.3. The van der Waals surface area contributed by atoms with Crippen molar-refractivity contribution in [3.8, 4) is 0 Å².